The van der Waals surface area contributed by atoms with E-state index in [0.29, 0.717) is 6.04 Å². The monoisotopic (exact) mass is 211 g/mol. The maximum absolute atomic E-state index is 3.74. The zero-order valence-electron chi connectivity index (χ0n) is 10.9. The largest absolute Gasteiger partial charge is 0.314 e. The number of hydrogen-bond donors (Lipinski definition) is 1. The van der Waals surface area contributed by atoms with E-state index in [1.807, 2.05) is 6.08 Å². The summed E-state index contributed by atoms with van der Waals surface area (Å²) in [6, 6.07) is 0.625. The number of allylic oxidation sites excluding steroid dienone is 1. The third-order valence-corrected chi connectivity index (χ3v) is 2.73. The van der Waals surface area contributed by atoms with E-state index in [1.165, 1.54) is 45.1 Å². The molecule has 90 valence electrons. The van der Waals surface area contributed by atoms with E-state index in [9.17, 15) is 0 Å². The Kier molecular flexibility index (Phi) is 10.0. The van der Waals surface area contributed by atoms with Crippen molar-refractivity contribution in [2.75, 3.05) is 6.54 Å². The predicted molar refractivity (Wildman–Crippen MR) is 70.2 cm³/mol. The van der Waals surface area contributed by atoms with E-state index in [1.54, 1.807) is 0 Å². The van der Waals surface area contributed by atoms with Gasteiger partial charge in [-0.1, -0.05) is 46.1 Å². The van der Waals surface area contributed by atoms with Gasteiger partial charge in [-0.3, -0.25) is 0 Å². The van der Waals surface area contributed by atoms with E-state index in [2.05, 4.69) is 32.7 Å². The Hall–Kier alpha value is -0.300. The number of rotatable bonds is 10. The molecule has 1 atom stereocenters. The lowest BCUT2D eigenvalue weighted by molar-refractivity contribution is 0.433. The average molecular weight is 211 g/mol. The van der Waals surface area contributed by atoms with Gasteiger partial charge in [-0.25, -0.2) is 0 Å². The quantitative estimate of drug-likeness (QED) is 0.423. The van der Waals surface area contributed by atoms with E-state index < -0.39 is 0 Å². The molecule has 1 unspecified atom stereocenters. The van der Waals surface area contributed by atoms with Crippen molar-refractivity contribution in [3.8, 4) is 0 Å². The van der Waals surface area contributed by atoms with E-state index in [0.717, 1.165) is 5.92 Å². The van der Waals surface area contributed by atoms with Crippen LogP contribution in [-0.4, -0.2) is 12.6 Å². The van der Waals surface area contributed by atoms with Crippen molar-refractivity contribution in [1.82, 2.24) is 5.32 Å². The molecular formula is C14H29N. The Morgan fingerprint density at radius 3 is 2.33 bits per heavy atom. The first-order valence-corrected chi connectivity index (χ1v) is 6.51. The second-order valence-electron chi connectivity index (χ2n) is 4.95. The van der Waals surface area contributed by atoms with Crippen LogP contribution in [0.2, 0.25) is 0 Å². The lowest BCUT2D eigenvalue weighted by atomic mass is 10.0. The molecule has 1 N–H and O–H groups in total. The highest BCUT2D eigenvalue weighted by Crippen LogP contribution is 2.10. The molecule has 15 heavy (non-hydrogen) atoms. The normalized spacial score (nSPS) is 13.1. The highest BCUT2D eigenvalue weighted by molar-refractivity contribution is 4.65. The molecule has 0 amide bonds. The van der Waals surface area contributed by atoms with Crippen LogP contribution in [0.1, 0.15) is 59.3 Å². The molecule has 0 saturated heterocycles. The van der Waals surface area contributed by atoms with E-state index in [-0.39, 0.29) is 0 Å². The molecule has 0 heterocycles. The molecule has 0 saturated carbocycles. The maximum Gasteiger partial charge on any atom is 0.00104 e. The highest BCUT2D eigenvalue weighted by Gasteiger charge is 2.02. The number of nitrogens with one attached hydrogen (secondary N) is 1. The predicted octanol–water partition coefficient (Wildman–Crippen LogP) is 4.15. The molecule has 0 bridgehead atoms. The van der Waals surface area contributed by atoms with Gasteiger partial charge in [0, 0.05) is 6.04 Å². The van der Waals surface area contributed by atoms with Crippen molar-refractivity contribution in [3.63, 3.8) is 0 Å². The Morgan fingerprint density at radius 1 is 1.07 bits per heavy atom. The summed E-state index contributed by atoms with van der Waals surface area (Å²) in [5.41, 5.74) is 0. The average Bonchev–Trinajstić information content (AvgIpc) is 2.20. The molecule has 0 aromatic rings. The minimum atomic E-state index is 0.625. The van der Waals surface area contributed by atoms with Crippen LogP contribution in [0, 0.1) is 5.92 Å². The third kappa shape index (κ3) is 11.6. The van der Waals surface area contributed by atoms with Gasteiger partial charge < -0.3 is 5.32 Å². The van der Waals surface area contributed by atoms with Crippen LogP contribution in [0.4, 0.5) is 0 Å². The van der Waals surface area contributed by atoms with Gasteiger partial charge in [0.1, 0.15) is 0 Å². The zero-order valence-corrected chi connectivity index (χ0v) is 10.9. The lowest BCUT2D eigenvalue weighted by Gasteiger charge is -2.14. The molecule has 0 radical (unpaired) electrons. The van der Waals surface area contributed by atoms with Crippen LogP contribution in [-0.2, 0) is 0 Å². The van der Waals surface area contributed by atoms with E-state index >= 15 is 0 Å². The van der Waals surface area contributed by atoms with Crippen LogP contribution in [0.15, 0.2) is 12.7 Å². The Balaban J connectivity index is 3.16. The van der Waals surface area contributed by atoms with Gasteiger partial charge in [0.2, 0.25) is 0 Å². The topological polar surface area (TPSA) is 12.0 Å². The summed E-state index contributed by atoms with van der Waals surface area (Å²) >= 11 is 0. The molecule has 0 aliphatic carbocycles. The molecule has 1 heteroatoms. The molecule has 0 aromatic heterocycles. The van der Waals surface area contributed by atoms with Gasteiger partial charge in [-0.05, 0) is 31.7 Å². The van der Waals surface area contributed by atoms with Crippen molar-refractivity contribution in [2.24, 2.45) is 5.92 Å². The second-order valence-corrected chi connectivity index (χ2v) is 4.95. The molecule has 0 fully saturated rings. The Labute approximate surface area is 96.3 Å². The van der Waals surface area contributed by atoms with Crippen LogP contribution < -0.4 is 5.32 Å². The first-order chi connectivity index (χ1) is 7.16. The van der Waals surface area contributed by atoms with Gasteiger partial charge in [0.15, 0.2) is 0 Å². The summed E-state index contributed by atoms with van der Waals surface area (Å²) in [6.07, 6.45) is 10.0. The van der Waals surface area contributed by atoms with Crippen LogP contribution in [0.5, 0.6) is 0 Å². The van der Waals surface area contributed by atoms with Crippen molar-refractivity contribution < 1.29 is 0 Å². The highest BCUT2D eigenvalue weighted by atomic mass is 14.9. The Morgan fingerprint density at radius 2 is 1.73 bits per heavy atom. The van der Waals surface area contributed by atoms with Gasteiger partial charge in [-0.15, -0.1) is 6.58 Å². The summed E-state index contributed by atoms with van der Waals surface area (Å²) in [5.74, 6) is 0.826. The number of hydrogen-bond acceptors (Lipinski definition) is 1. The van der Waals surface area contributed by atoms with Crippen molar-refractivity contribution in [1.29, 1.82) is 0 Å². The van der Waals surface area contributed by atoms with Gasteiger partial charge >= 0.3 is 0 Å². The van der Waals surface area contributed by atoms with Crippen molar-refractivity contribution in [2.45, 2.75) is 65.3 Å². The van der Waals surface area contributed by atoms with Gasteiger partial charge in [0.05, 0.1) is 0 Å². The van der Waals surface area contributed by atoms with Crippen molar-refractivity contribution in [3.05, 3.63) is 12.7 Å². The second kappa shape index (κ2) is 10.2. The molecule has 0 spiro atoms. The zero-order chi connectivity index (χ0) is 11.5. The minimum absolute atomic E-state index is 0.625. The minimum Gasteiger partial charge on any atom is -0.314 e. The first-order valence-electron chi connectivity index (χ1n) is 6.51. The standard InChI is InChI=1S/C14H29N/c1-5-6-7-8-9-10-11-14(4)12-15-13(2)3/h5,13-15H,1,6-12H2,2-4H3. The summed E-state index contributed by atoms with van der Waals surface area (Å²) in [6.45, 7) is 11.7. The molecular weight excluding hydrogens is 182 g/mol. The van der Waals surface area contributed by atoms with Crippen LogP contribution >= 0.6 is 0 Å². The summed E-state index contributed by atoms with van der Waals surface area (Å²) < 4.78 is 0. The SMILES string of the molecule is C=CCCCCCCC(C)CNC(C)C. The lowest BCUT2D eigenvalue weighted by Crippen LogP contribution is -2.27. The van der Waals surface area contributed by atoms with Gasteiger partial charge in [0.25, 0.3) is 0 Å². The molecule has 0 rings (SSSR count). The third-order valence-electron chi connectivity index (χ3n) is 2.73. The van der Waals surface area contributed by atoms with Gasteiger partial charge in [-0.2, -0.15) is 0 Å². The summed E-state index contributed by atoms with van der Waals surface area (Å²) in [4.78, 5) is 0. The fraction of sp³-hybridized carbons (Fsp3) is 0.857. The van der Waals surface area contributed by atoms with E-state index in [4.69, 9.17) is 0 Å². The summed E-state index contributed by atoms with van der Waals surface area (Å²) in [7, 11) is 0. The van der Waals surface area contributed by atoms with Crippen LogP contribution in [0.3, 0.4) is 0 Å². The molecule has 1 nitrogen and oxygen atoms in total. The van der Waals surface area contributed by atoms with Crippen LogP contribution in [0.25, 0.3) is 0 Å². The Bertz CT molecular complexity index is 140. The summed E-state index contributed by atoms with van der Waals surface area (Å²) in [5, 5.41) is 3.49. The molecule has 0 aromatic carbocycles. The fourth-order valence-electron chi connectivity index (χ4n) is 1.67. The number of unbranched alkanes of at least 4 members (excludes halogenated alkanes) is 4. The molecule has 0 aliphatic heterocycles. The fourth-order valence-corrected chi connectivity index (χ4v) is 1.67. The maximum atomic E-state index is 3.74. The smallest absolute Gasteiger partial charge is 0.00104 e. The first kappa shape index (κ1) is 14.7. The molecule has 0 aliphatic rings. The van der Waals surface area contributed by atoms with Crippen molar-refractivity contribution >= 4 is 0 Å².